The molecule has 2 rings (SSSR count). The molecule has 1 atom stereocenters. The zero-order valence-electron chi connectivity index (χ0n) is 10.0. The molecule has 0 spiro atoms. The van der Waals surface area contributed by atoms with Crippen LogP contribution in [0, 0.1) is 11.7 Å². The van der Waals surface area contributed by atoms with Crippen LogP contribution in [0.4, 0.5) is 10.1 Å². The van der Waals surface area contributed by atoms with Gasteiger partial charge in [0.25, 0.3) is 0 Å². The summed E-state index contributed by atoms with van der Waals surface area (Å²) in [5, 5.41) is 2.75. The molecule has 1 aliphatic heterocycles. The zero-order chi connectivity index (χ0) is 14.2. The van der Waals surface area contributed by atoms with Gasteiger partial charge in [0.1, 0.15) is 5.82 Å². The first kappa shape index (κ1) is 14.3. The lowest BCUT2D eigenvalue weighted by Gasteiger charge is -2.12. The van der Waals surface area contributed by atoms with E-state index in [9.17, 15) is 14.0 Å². The van der Waals surface area contributed by atoms with Gasteiger partial charge in [-0.3, -0.25) is 9.59 Å². The molecule has 7 heteroatoms. The van der Waals surface area contributed by atoms with Gasteiger partial charge in [0.15, 0.2) is 0 Å². The Morgan fingerprint density at radius 2 is 2.26 bits per heavy atom. The Hall–Kier alpha value is -1.14. The number of halogens is 3. The van der Waals surface area contributed by atoms with E-state index in [1.165, 1.54) is 17.0 Å². The zero-order valence-corrected chi connectivity index (χ0v) is 12.4. The van der Waals surface area contributed by atoms with Crippen molar-refractivity contribution in [2.45, 2.75) is 6.42 Å². The Morgan fingerprint density at radius 3 is 2.79 bits per heavy atom. The van der Waals surface area contributed by atoms with Crippen molar-refractivity contribution in [3.63, 3.8) is 0 Å². The van der Waals surface area contributed by atoms with Gasteiger partial charge in [-0.1, -0.05) is 11.6 Å². The summed E-state index contributed by atoms with van der Waals surface area (Å²) in [6.45, 7) is 0.372. The normalized spacial score (nSPS) is 18.8. The maximum atomic E-state index is 13.4. The van der Waals surface area contributed by atoms with Crippen LogP contribution in [-0.4, -0.2) is 30.3 Å². The highest BCUT2D eigenvalue weighted by molar-refractivity contribution is 9.10. The summed E-state index contributed by atoms with van der Waals surface area (Å²) < 4.78 is 13.6. The third-order valence-corrected chi connectivity index (χ3v) is 4.30. The van der Waals surface area contributed by atoms with E-state index in [1.807, 2.05) is 0 Å². The Labute approximate surface area is 123 Å². The van der Waals surface area contributed by atoms with Gasteiger partial charge >= 0.3 is 0 Å². The van der Waals surface area contributed by atoms with Crippen molar-refractivity contribution in [3.8, 4) is 0 Å². The van der Waals surface area contributed by atoms with Gasteiger partial charge in [-0.15, -0.1) is 0 Å². The fraction of sp³-hybridized carbons (Fsp3) is 0.333. The van der Waals surface area contributed by atoms with Gasteiger partial charge in [0.2, 0.25) is 11.8 Å². The summed E-state index contributed by atoms with van der Waals surface area (Å²) >= 11 is 8.80. The molecule has 1 aliphatic rings. The molecular weight excluding hydrogens is 338 g/mol. The van der Waals surface area contributed by atoms with E-state index in [-0.39, 0.29) is 33.4 Å². The second kappa shape index (κ2) is 5.46. The number of amides is 2. The largest absolute Gasteiger partial charge is 0.345 e. The average Bonchev–Trinajstić information content (AvgIpc) is 2.66. The van der Waals surface area contributed by atoms with Gasteiger partial charge < -0.3 is 10.2 Å². The van der Waals surface area contributed by atoms with Crippen LogP contribution in [0.15, 0.2) is 16.6 Å². The maximum Gasteiger partial charge on any atom is 0.229 e. The number of hydrogen-bond donors (Lipinski definition) is 1. The Kier molecular flexibility index (Phi) is 4.10. The van der Waals surface area contributed by atoms with E-state index in [1.54, 1.807) is 7.05 Å². The first-order valence-electron chi connectivity index (χ1n) is 5.58. The van der Waals surface area contributed by atoms with E-state index in [0.717, 1.165) is 0 Å². The topological polar surface area (TPSA) is 49.4 Å². The highest BCUT2D eigenvalue weighted by Crippen LogP contribution is 2.29. The molecule has 19 heavy (non-hydrogen) atoms. The molecule has 1 unspecified atom stereocenters. The fourth-order valence-corrected chi connectivity index (χ4v) is 2.35. The predicted octanol–water partition coefficient (Wildman–Crippen LogP) is 2.66. The van der Waals surface area contributed by atoms with Crippen LogP contribution in [0.25, 0.3) is 0 Å². The van der Waals surface area contributed by atoms with Crippen molar-refractivity contribution in [1.29, 1.82) is 0 Å². The van der Waals surface area contributed by atoms with Gasteiger partial charge in [-0.05, 0) is 28.1 Å². The number of nitrogens with one attached hydrogen (secondary N) is 1. The first-order valence-corrected chi connectivity index (χ1v) is 6.75. The lowest BCUT2D eigenvalue weighted by atomic mass is 10.1. The Balaban J connectivity index is 2.10. The third kappa shape index (κ3) is 3.06. The second-order valence-electron chi connectivity index (χ2n) is 4.42. The van der Waals surface area contributed by atoms with E-state index in [2.05, 4.69) is 21.2 Å². The van der Waals surface area contributed by atoms with E-state index < -0.39 is 11.7 Å². The van der Waals surface area contributed by atoms with Crippen molar-refractivity contribution in [1.82, 2.24) is 4.90 Å². The molecule has 0 aliphatic carbocycles. The van der Waals surface area contributed by atoms with Gasteiger partial charge in [-0.2, -0.15) is 0 Å². The molecule has 1 heterocycles. The van der Waals surface area contributed by atoms with Crippen molar-refractivity contribution in [2.24, 2.45) is 5.92 Å². The number of likely N-dealkylation sites (tertiary alicyclic amines) is 1. The van der Waals surface area contributed by atoms with Crippen molar-refractivity contribution in [3.05, 3.63) is 27.4 Å². The van der Waals surface area contributed by atoms with Crippen LogP contribution in [-0.2, 0) is 9.59 Å². The molecule has 1 aromatic carbocycles. The summed E-state index contributed by atoms with van der Waals surface area (Å²) in [6, 6.07) is 2.63. The summed E-state index contributed by atoms with van der Waals surface area (Å²) in [5.74, 6) is -1.35. The van der Waals surface area contributed by atoms with Gasteiger partial charge in [-0.25, -0.2) is 4.39 Å². The van der Waals surface area contributed by atoms with Crippen LogP contribution in [0.5, 0.6) is 0 Å². The number of carbonyl (C=O) groups is 2. The Bertz CT molecular complexity index is 530. The molecule has 1 fully saturated rings. The minimum atomic E-state index is -0.553. The van der Waals surface area contributed by atoms with Crippen LogP contribution in [0.3, 0.4) is 0 Å². The first-order chi connectivity index (χ1) is 8.88. The highest BCUT2D eigenvalue weighted by atomic mass is 79.9. The van der Waals surface area contributed by atoms with E-state index >= 15 is 0 Å². The number of benzene rings is 1. The SMILES string of the molecule is CN1CC(C(=O)Nc2cc(F)c(Br)c(Cl)c2)CC1=O. The summed E-state index contributed by atoms with van der Waals surface area (Å²) in [5.41, 5.74) is 0.276. The standard InChI is InChI=1S/C12H11BrClFN2O2/c1-17-5-6(2-10(17)18)12(19)16-7-3-8(14)11(13)9(15)4-7/h3-4,6H,2,5H2,1H3,(H,16,19). The van der Waals surface area contributed by atoms with E-state index in [0.29, 0.717) is 6.54 Å². The maximum absolute atomic E-state index is 13.4. The highest BCUT2D eigenvalue weighted by Gasteiger charge is 2.32. The van der Waals surface area contributed by atoms with Gasteiger partial charge in [0.05, 0.1) is 15.4 Å². The summed E-state index contributed by atoms with van der Waals surface area (Å²) in [4.78, 5) is 24.8. The minimum Gasteiger partial charge on any atom is -0.345 e. The van der Waals surface area contributed by atoms with E-state index in [4.69, 9.17) is 11.6 Å². The summed E-state index contributed by atoms with van der Waals surface area (Å²) in [7, 11) is 1.64. The van der Waals surface area contributed by atoms with Crippen LogP contribution in [0.1, 0.15) is 6.42 Å². The monoisotopic (exact) mass is 348 g/mol. The molecule has 1 N–H and O–H groups in total. The second-order valence-corrected chi connectivity index (χ2v) is 5.62. The number of nitrogens with zero attached hydrogens (tertiary/aromatic N) is 1. The number of carbonyl (C=O) groups excluding carboxylic acids is 2. The predicted molar refractivity (Wildman–Crippen MR) is 73.5 cm³/mol. The van der Waals surface area contributed by atoms with Crippen LogP contribution >= 0.6 is 27.5 Å². The van der Waals surface area contributed by atoms with Crippen molar-refractivity contribution < 1.29 is 14.0 Å². The molecule has 0 bridgehead atoms. The molecule has 2 amide bonds. The molecule has 4 nitrogen and oxygen atoms in total. The molecule has 1 saturated heterocycles. The van der Waals surface area contributed by atoms with Gasteiger partial charge in [0, 0.05) is 25.7 Å². The van der Waals surface area contributed by atoms with Crippen LogP contribution in [0.2, 0.25) is 5.02 Å². The Morgan fingerprint density at radius 1 is 1.58 bits per heavy atom. The average molecular weight is 350 g/mol. The fourth-order valence-electron chi connectivity index (χ4n) is 1.91. The summed E-state index contributed by atoms with van der Waals surface area (Å²) in [6.07, 6.45) is 0.176. The van der Waals surface area contributed by atoms with Crippen molar-refractivity contribution in [2.75, 3.05) is 18.9 Å². The lowest BCUT2D eigenvalue weighted by molar-refractivity contribution is -0.127. The molecule has 102 valence electrons. The molecule has 0 aromatic heterocycles. The minimum absolute atomic E-state index is 0.0693. The van der Waals surface area contributed by atoms with Crippen LogP contribution < -0.4 is 5.32 Å². The number of rotatable bonds is 2. The smallest absolute Gasteiger partial charge is 0.229 e. The van der Waals surface area contributed by atoms with Crippen molar-refractivity contribution >= 4 is 45.0 Å². The quantitative estimate of drug-likeness (QED) is 0.835. The lowest BCUT2D eigenvalue weighted by Crippen LogP contribution is -2.25. The third-order valence-electron chi connectivity index (χ3n) is 2.96. The molecule has 0 radical (unpaired) electrons. The molecular formula is C12H11BrClFN2O2. The molecule has 1 aromatic rings. The molecule has 0 saturated carbocycles. The number of anilines is 1. The number of hydrogen-bond acceptors (Lipinski definition) is 2.